The highest BCUT2D eigenvalue weighted by molar-refractivity contribution is 5.64. The maximum Gasteiger partial charge on any atom is 0.355 e. The molecule has 25 heavy (non-hydrogen) atoms. The molecule has 0 fully saturated rings. The van der Waals surface area contributed by atoms with Crippen LogP contribution in [0.5, 0.6) is 0 Å². The molecule has 0 saturated heterocycles. The highest BCUT2D eigenvalue weighted by atomic mass is 16.6. The number of anilines is 1. The number of rotatable bonds is 5. The smallest absolute Gasteiger partial charge is 0.355 e. The zero-order valence-corrected chi connectivity index (χ0v) is 14.2. The minimum atomic E-state index is -0.483. The summed E-state index contributed by atoms with van der Waals surface area (Å²) in [4.78, 5) is 19.3. The lowest BCUT2D eigenvalue weighted by atomic mass is 10.1. The van der Waals surface area contributed by atoms with Gasteiger partial charge in [-0.25, -0.2) is 14.6 Å². The molecule has 0 bridgehead atoms. The Balaban J connectivity index is 1.97. The van der Waals surface area contributed by atoms with Gasteiger partial charge in [0, 0.05) is 12.2 Å². The summed E-state index contributed by atoms with van der Waals surface area (Å²) in [6.07, 6.45) is 1.30. The van der Waals surface area contributed by atoms with Crippen LogP contribution in [0.3, 0.4) is 0 Å². The van der Waals surface area contributed by atoms with E-state index in [0.29, 0.717) is 6.54 Å². The first-order chi connectivity index (χ1) is 12.0. The molecule has 0 saturated carbocycles. The molecule has 0 radical (unpaired) electrons. The van der Waals surface area contributed by atoms with Gasteiger partial charge in [0.15, 0.2) is 0 Å². The van der Waals surface area contributed by atoms with Crippen molar-refractivity contribution in [2.75, 3.05) is 5.32 Å². The first-order valence-electron chi connectivity index (χ1n) is 7.78. The maximum atomic E-state index is 11.6. The molecule has 8 nitrogen and oxygen atoms in total. The molecular formula is C17H18N6O2. The van der Waals surface area contributed by atoms with Crippen LogP contribution < -0.4 is 5.32 Å². The SMILES string of the molecule is Cc1ccc(CNc2ncnc(-n3nc(C)cc3C)c2[N+](=O)[O-])cc1. The van der Waals surface area contributed by atoms with Crippen LogP contribution in [0.2, 0.25) is 0 Å². The summed E-state index contributed by atoms with van der Waals surface area (Å²) in [7, 11) is 0. The molecule has 1 aromatic carbocycles. The van der Waals surface area contributed by atoms with E-state index >= 15 is 0 Å². The van der Waals surface area contributed by atoms with E-state index in [1.807, 2.05) is 51.1 Å². The van der Waals surface area contributed by atoms with E-state index in [2.05, 4.69) is 20.4 Å². The number of benzene rings is 1. The van der Waals surface area contributed by atoms with Gasteiger partial charge >= 0.3 is 5.69 Å². The van der Waals surface area contributed by atoms with Gasteiger partial charge in [-0.2, -0.15) is 5.10 Å². The van der Waals surface area contributed by atoms with E-state index in [-0.39, 0.29) is 17.3 Å². The minimum absolute atomic E-state index is 0.150. The molecule has 128 valence electrons. The van der Waals surface area contributed by atoms with Crippen molar-refractivity contribution < 1.29 is 4.92 Å². The van der Waals surface area contributed by atoms with E-state index in [4.69, 9.17) is 0 Å². The van der Waals surface area contributed by atoms with Crippen molar-refractivity contribution in [1.29, 1.82) is 0 Å². The normalized spacial score (nSPS) is 10.7. The zero-order chi connectivity index (χ0) is 18.0. The molecule has 1 N–H and O–H groups in total. The number of nitrogens with one attached hydrogen (secondary N) is 1. The van der Waals surface area contributed by atoms with Gasteiger partial charge in [-0.05, 0) is 32.4 Å². The molecule has 0 aliphatic carbocycles. The van der Waals surface area contributed by atoms with Gasteiger partial charge < -0.3 is 5.32 Å². The van der Waals surface area contributed by atoms with Gasteiger partial charge in [0.1, 0.15) is 6.33 Å². The number of aryl methyl sites for hydroxylation is 3. The lowest BCUT2D eigenvalue weighted by Crippen LogP contribution is -2.11. The number of hydrogen-bond donors (Lipinski definition) is 1. The lowest BCUT2D eigenvalue weighted by molar-refractivity contribution is -0.384. The fourth-order valence-corrected chi connectivity index (χ4v) is 2.56. The van der Waals surface area contributed by atoms with E-state index < -0.39 is 4.92 Å². The van der Waals surface area contributed by atoms with Gasteiger partial charge in [-0.15, -0.1) is 0 Å². The van der Waals surface area contributed by atoms with Crippen molar-refractivity contribution in [2.45, 2.75) is 27.3 Å². The second kappa shape index (κ2) is 6.68. The Kier molecular flexibility index (Phi) is 4.42. The summed E-state index contributed by atoms with van der Waals surface area (Å²) in [5, 5.41) is 19.0. The number of nitrogens with zero attached hydrogens (tertiary/aromatic N) is 5. The Morgan fingerprint density at radius 1 is 1.16 bits per heavy atom. The van der Waals surface area contributed by atoms with Gasteiger partial charge in [-0.3, -0.25) is 10.1 Å². The predicted molar refractivity (Wildman–Crippen MR) is 93.8 cm³/mol. The van der Waals surface area contributed by atoms with Crippen molar-refractivity contribution in [1.82, 2.24) is 19.7 Å². The summed E-state index contributed by atoms with van der Waals surface area (Å²) in [5.74, 6) is 0.320. The molecule has 3 aromatic rings. The monoisotopic (exact) mass is 338 g/mol. The van der Waals surface area contributed by atoms with Gasteiger partial charge in [0.2, 0.25) is 11.6 Å². The second-order valence-electron chi connectivity index (χ2n) is 5.83. The predicted octanol–water partition coefficient (Wildman–Crippen LogP) is 3.11. The van der Waals surface area contributed by atoms with Gasteiger partial charge in [0.25, 0.3) is 0 Å². The minimum Gasteiger partial charge on any atom is -0.360 e. The van der Waals surface area contributed by atoms with Gasteiger partial charge in [-0.1, -0.05) is 29.8 Å². The Bertz CT molecular complexity index is 917. The van der Waals surface area contributed by atoms with Crippen LogP contribution in [-0.4, -0.2) is 24.7 Å². The summed E-state index contributed by atoms with van der Waals surface area (Å²) in [5.41, 5.74) is 3.50. The van der Waals surface area contributed by atoms with Crippen LogP contribution in [0.4, 0.5) is 11.5 Å². The Morgan fingerprint density at radius 3 is 2.48 bits per heavy atom. The number of aromatic nitrogens is 4. The molecule has 2 heterocycles. The van der Waals surface area contributed by atoms with Crippen molar-refractivity contribution in [3.05, 3.63) is 69.3 Å². The first kappa shape index (κ1) is 16.6. The molecule has 2 aromatic heterocycles. The summed E-state index contributed by atoms with van der Waals surface area (Å²) >= 11 is 0. The molecule has 0 spiro atoms. The lowest BCUT2D eigenvalue weighted by Gasteiger charge is -2.09. The zero-order valence-electron chi connectivity index (χ0n) is 14.2. The van der Waals surface area contributed by atoms with Crippen LogP contribution >= 0.6 is 0 Å². The third-order valence-corrected chi connectivity index (χ3v) is 3.78. The topological polar surface area (TPSA) is 98.8 Å². The van der Waals surface area contributed by atoms with E-state index in [1.54, 1.807) is 0 Å². The molecular weight excluding hydrogens is 320 g/mol. The summed E-state index contributed by atoms with van der Waals surface area (Å²) < 4.78 is 1.46. The summed E-state index contributed by atoms with van der Waals surface area (Å²) in [6.45, 7) is 6.08. The number of nitro groups is 1. The van der Waals surface area contributed by atoms with Crippen LogP contribution in [0.15, 0.2) is 36.7 Å². The standard InChI is InChI=1S/C17H18N6O2/c1-11-4-6-14(7-5-11)9-18-16-15(23(24)25)17(20-10-19-16)22-13(3)8-12(2)21-22/h4-8,10H,9H2,1-3H3,(H,18,19,20). The van der Waals surface area contributed by atoms with Crippen LogP contribution in [0.25, 0.3) is 5.82 Å². The molecule has 0 aliphatic rings. The Morgan fingerprint density at radius 2 is 1.88 bits per heavy atom. The molecule has 0 unspecified atom stereocenters. The maximum absolute atomic E-state index is 11.6. The average Bonchev–Trinajstić information content (AvgIpc) is 2.92. The first-order valence-corrected chi connectivity index (χ1v) is 7.78. The summed E-state index contributed by atoms with van der Waals surface area (Å²) in [6, 6.07) is 9.76. The third kappa shape index (κ3) is 3.47. The van der Waals surface area contributed by atoms with E-state index in [9.17, 15) is 10.1 Å². The largest absolute Gasteiger partial charge is 0.360 e. The highest BCUT2D eigenvalue weighted by Crippen LogP contribution is 2.28. The van der Waals surface area contributed by atoms with Crippen molar-refractivity contribution in [3.63, 3.8) is 0 Å². The van der Waals surface area contributed by atoms with Crippen molar-refractivity contribution >= 4 is 11.5 Å². The Labute approximate surface area is 144 Å². The molecule has 8 heteroatoms. The van der Waals surface area contributed by atoms with Crippen molar-refractivity contribution in [2.24, 2.45) is 0 Å². The molecule has 0 atom stereocenters. The van der Waals surface area contributed by atoms with Crippen LogP contribution in [0.1, 0.15) is 22.5 Å². The van der Waals surface area contributed by atoms with Crippen LogP contribution in [-0.2, 0) is 6.54 Å². The quantitative estimate of drug-likeness (QED) is 0.567. The molecule has 0 amide bonds. The molecule has 0 aliphatic heterocycles. The highest BCUT2D eigenvalue weighted by Gasteiger charge is 2.25. The fraction of sp³-hybridized carbons (Fsp3) is 0.235. The average molecular weight is 338 g/mol. The Hall–Kier alpha value is -3.29. The van der Waals surface area contributed by atoms with E-state index in [1.165, 1.54) is 11.0 Å². The van der Waals surface area contributed by atoms with Gasteiger partial charge in [0.05, 0.1) is 10.6 Å². The van der Waals surface area contributed by atoms with Crippen molar-refractivity contribution in [3.8, 4) is 5.82 Å². The third-order valence-electron chi connectivity index (χ3n) is 3.78. The fourth-order valence-electron chi connectivity index (χ4n) is 2.56. The second-order valence-corrected chi connectivity index (χ2v) is 5.83. The van der Waals surface area contributed by atoms with E-state index in [0.717, 1.165) is 22.5 Å². The number of hydrogen-bond acceptors (Lipinski definition) is 6. The van der Waals surface area contributed by atoms with Crippen LogP contribution in [0, 0.1) is 30.9 Å². The molecule has 3 rings (SSSR count).